The first kappa shape index (κ1) is 13.6. The van der Waals surface area contributed by atoms with Crippen LogP contribution in [0.3, 0.4) is 0 Å². The van der Waals surface area contributed by atoms with Gasteiger partial charge in [0.1, 0.15) is 0 Å². The quantitative estimate of drug-likeness (QED) is 0.847. The molecule has 0 bridgehead atoms. The van der Waals surface area contributed by atoms with Gasteiger partial charge < -0.3 is 5.32 Å². The van der Waals surface area contributed by atoms with Gasteiger partial charge in [0.05, 0.1) is 0 Å². The van der Waals surface area contributed by atoms with Crippen LogP contribution in [0.4, 0.5) is 0 Å². The molecule has 100 valence electrons. The molecule has 1 aliphatic carbocycles. The van der Waals surface area contributed by atoms with Gasteiger partial charge in [0.25, 0.3) is 0 Å². The van der Waals surface area contributed by atoms with Gasteiger partial charge in [0, 0.05) is 17.5 Å². The molecule has 2 atom stereocenters. The Balaban J connectivity index is 2.22. The highest BCUT2D eigenvalue weighted by atomic mass is 15.0. The van der Waals surface area contributed by atoms with Crippen LogP contribution in [0, 0.1) is 12.8 Å². The molecule has 1 aromatic rings. The SMILES string of the molecule is Cc1cccc(C2(CNC(C)(C)C)CCC2C)c1. The van der Waals surface area contributed by atoms with Crippen molar-refractivity contribution in [1.82, 2.24) is 5.32 Å². The number of nitrogens with one attached hydrogen (secondary N) is 1. The first-order chi connectivity index (χ1) is 8.33. The van der Waals surface area contributed by atoms with Crippen molar-refractivity contribution in [2.45, 2.75) is 58.4 Å². The van der Waals surface area contributed by atoms with Crippen molar-refractivity contribution >= 4 is 0 Å². The summed E-state index contributed by atoms with van der Waals surface area (Å²) in [5.74, 6) is 0.786. The van der Waals surface area contributed by atoms with Gasteiger partial charge in [0.15, 0.2) is 0 Å². The van der Waals surface area contributed by atoms with Crippen molar-refractivity contribution in [2.75, 3.05) is 6.54 Å². The zero-order chi connectivity index (χ0) is 13.4. The molecule has 2 unspecified atom stereocenters. The zero-order valence-electron chi connectivity index (χ0n) is 12.5. The zero-order valence-corrected chi connectivity index (χ0v) is 12.5. The van der Waals surface area contributed by atoms with Gasteiger partial charge in [-0.1, -0.05) is 36.8 Å². The Morgan fingerprint density at radius 3 is 2.50 bits per heavy atom. The van der Waals surface area contributed by atoms with E-state index in [2.05, 4.69) is 64.2 Å². The highest BCUT2D eigenvalue weighted by Gasteiger charge is 2.45. The normalized spacial score (nSPS) is 27.9. The van der Waals surface area contributed by atoms with E-state index < -0.39 is 0 Å². The molecule has 1 aliphatic rings. The molecular weight excluding hydrogens is 218 g/mol. The van der Waals surface area contributed by atoms with Crippen LogP contribution in [-0.4, -0.2) is 12.1 Å². The molecular formula is C17H27N. The van der Waals surface area contributed by atoms with E-state index in [1.165, 1.54) is 24.0 Å². The Bertz CT molecular complexity index is 416. The lowest BCUT2D eigenvalue weighted by molar-refractivity contribution is 0.124. The maximum absolute atomic E-state index is 3.71. The molecule has 0 saturated heterocycles. The average Bonchev–Trinajstić information content (AvgIpc) is 2.26. The molecule has 0 aliphatic heterocycles. The average molecular weight is 245 g/mol. The minimum Gasteiger partial charge on any atom is -0.311 e. The topological polar surface area (TPSA) is 12.0 Å². The minimum atomic E-state index is 0.201. The maximum atomic E-state index is 3.71. The molecule has 1 nitrogen and oxygen atoms in total. The van der Waals surface area contributed by atoms with Crippen LogP contribution >= 0.6 is 0 Å². The molecule has 0 amide bonds. The fourth-order valence-electron chi connectivity index (χ4n) is 2.95. The number of aryl methyl sites for hydroxylation is 1. The van der Waals surface area contributed by atoms with Gasteiger partial charge in [-0.2, -0.15) is 0 Å². The molecule has 18 heavy (non-hydrogen) atoms. The van der Waals surface area contributed by atoms with Crippen LogP contribution in [-0.2, 0) is 5.41 Å². The molecule has 1 fully saturated rings. The molecule has 0 spiro atoms. The largest absolute Gasteiger partial charge is 0.311 e. The second-order valence-corrected chi connectivity index (χ2v) is 7.07. The van der Waals surface area contributed by atoms with Crippen LogP contribution in [0.15, 0.2) is 24.3 Å². The Hall–Kier alpha value is -0.820. The minimum absolute atomic E-state index is 0.201. The van der Waals surface area contributed by atoms with Gasteiger partial charge in [0.2, 0.25) is 0 Å². The van der Waals surface area contributed by atoms with E-state index >= 15 is 0 Å². The summed E-state index contributed by atoms with van der Waals surface area (Å²) in [6, 6.07) is 9.08. The van der Waals surface area contributed by atoms with Crippen LogP contribution in [0.1, 0.15) is 51.7 Å². The predicted octanol–water partition coefficient (Wildman–Crippen LogP) is 4.05. The summed E-state index contributed by atoms with van der Waals surface area (Å²) in [7, 11) is 0. The van der Waals surface area contributed by atoms with Crippen molar-refractivity contribution in [2.24, 2.45) is 5.92 Å². The fourth-order valence-corrected chi connectivity index (χ4v) is 2.95. The van der Waals surface area contributed by atoms with Gasteiger partial charge >= 0.3 is 0 Å². The van der Waals surface area contributed by atoms with Crippen molar-refractivity contribution in [3.63, 3.8) is 0 Å². The molecule has 0 aromatic heterocycles. The fraction of sp³-hybridized carbons (Fsp3) is 0.647. The number of rotatable bonds is 3. The Labute approximate surface area is 112 Å². The second-order valence-electron chi connectivity index (χ2n) is 7.07. The summed E-state index contributed by atoms with van der Waals surface area (Å²) in [5, 5.41) is 3.71. The number of hydrogen-bond acceptors (Lipinski definition) is 1. The highest BCUT2D eigenvalue weighted by molar-refractivity contribution is 5.33. The molecule has 0 heterocycles. The van der Waals surface area contributed by atoms with E-state index in [0.717, 1.165) is 12.5 Å². The lowest BCUT2D eigenvalue weighted by atomic mass is 9.57. The lowest BCUT2D eigenvalue weighted by Crippen LogP contribution is -2.53. The molecule has 1 N–H and O–H groups in total. The smallest absolute Gasteiger partial charge is 0.0104 e. The molecule has 1 heteroatoms. The van der Waals surface area contributed by atoms with Gasteiger partial charge in [-0.3, -0.25) is 0 Å². The summed E-state index contributed by atoms with van der Waals surface area (Å²) in [6.07, 6.45) is 2.68. The van der Waals surface area contributed by atoms with E-state index in [-0.39, 0.29) is 5.54 Å². The third kappa shape index (κ3) is 2.61. The van der Waals surface area contributed by atoms with Crippen molar-refractivity contribution in [3.05, 3.63) is 35.4 Å². The monoisotopic (exact) mass is 245 g/mol. The number of benzene rings is 1. The van der Waals surface area contributed by atoms with Crippen LogP contribution in [0.2, 0.25) is 0 Å². The van der Waals surface area contributed by atoms with Crippen molar-refractivity contribution in [3.8, 4) is 0 Å². The summed E-state index contributed by atoms with van der Waals surface area (Å²) in [6.45, 7) is 12.4. The van der Waals surface area contributed by atoms with E-state index in [1.807, 2.05) is 0 Å². The lowest BCUT2D eigenvalue weighted by Gasteiger charge is -2.50. The molecule has 1 aromatic carbocycles. The van der Waals surface area contributed by atoms with Crippen LogP contribution < -0.4 is 5.32 Å². The second kappa shape index (κ2) is 4.70. The van der Waals surface area contributed by atoms with E-state index in [1.54, 1.807) is 0 Å². The van der Waals surface area contributed by atoms with Crippen LogP contribution in [0.5, 0.6) is 0 Å². The molecule has 2 rings (SSSR count). The maximum Gasteiger partial charge on any atom is 0.0104 e. The third-order valence-electron chi connectivity index (χ3n) is 4.49. The van der Waals surface area contributed by atoms with Gasteiger partial charge in [-0.15, -0.1) is 0 Å². The first-order valence-corrected chi connectivity index (χ1v) is 7.16. The highest BCUT2D eigenvalue weighted by Crippen LogP contribution is 2.48. The van der Waals surface area contributed by atoms with Gasteiger partial charge in [-0.05, 0) is 52.0 Å². The Morgan fingerprint density at radius 1 is 1.33 bits per heavy atom. The predicted molar refractivity (Wildman–Crippen MR) is 79.0 cm³/mol. The molecule has 0 radical (unpaired) electrons. The van der Waals surface area contributed by atoms with E-state index in [0.29, 0.717) is 5.41 Å². The van der Waals surface area contributed by atoms with E-state index in [9.17, 15) is 0 Å². The van der Waals surface area contributed by atoms with Gasteiger partial charge in [-0.25, -0.2) is 0 Å². The Morgan fingerprint density at radius 2 is 2.06 bits per heavy atom. The van der Waals surface area contributed by atoms with Crippen molar-refractivity contribution in [1.29, 1.82) is 0 Å². The summed E-state index contributed by atoms with van der Waals surface area (Å²) in [4.78, 5) is 0. The van der Waals surface area contributed by atoms with E-state index in [4.69, 9.17) is 0 Å². The summed E-state index contributed by atoms with van der Waals surface area (Å²) >= 11 is 0. The van der Waals surface area contributed by atoms with Crippen LogP contribution in [0.25, 0.3) is 0 Å². The third-order valence-corrected chi connectivity index (χ3v) is 4.49. The molecule has 1 saturated carbocycles. The summed E-state index contributed by atoms with van der Waals surface area (Å²) in [5.41, 5.74) is 3.46. The standard InChI is InChI=1S/C17H27N/c1-13-7-6-8-15(11-13)17(10-9-14(17)2)12-18-16(3,4)5/h6-8,11,14,18H,9-10,12H2,1-5H3. The van der Waals surface area contributed by atoms with Crippen molar-refractivity contribution < 1.29 is 0 Å². The summed E-state index contributed by atoms with van der Waals surface area (Å²) < 4.78 is 0. The Kier molecular flexibility index (Phi) is 3.55. The number of hydrogen-bond donors (Lipinski definition) is 1. The first-order valence-electron chi connectivity index (χ1n) is 7.16.